The number of hydrogen-bond donors (Lipinski definition) is 2. The number of nitrogens with two attached hydrogens (primary N) is 2. The molecule has 0 aromatic heterocycles. The van der Waals surface area contributed by atoms with Crippen LogP contribution in [0.4, 0.5) is 5.69 Å². The zero-order valence-electron chi connectivity index (χ0n) is 7.50. The first kappa shape index (κ1) is 10.7. The Bertz CT molecular complexity index is 342. The molecule has 14 heavy (non-hydrogen) atoms. The van der Waals surface area contributed by atoms with Crippen LogP contribution in [0.3, 0.4) is 0 Å². The molecule has 1 rings (SSSR count). The summed E-state index contributed by atoms with van der Waals surface area (Å²) in [5.74, 6) is 0.0537. The molecule has 0 heterocycles. The van der Waals surface area contributed by atoms with Gasteiger partial charge in [0.2, 0.25) is 5.91 Å². The van der Waals surface area contributed by atoms with Gasteiger partial charge >= 0.3 is 0 Å². The molecule has 0 bridgehead atoms. The van der Waals surface area contributed by atoms with Crippen LogP contribution < -0.4 is 16.2 Å². The number of anilines is 1. The van der Waals surface area contributed by atoms with Crippen molar-refractivity contribution in [3.05, 3.63) is 23.2 Å². The van der Waals surface area contributed by atoms with Gasteiger partial charge in [0.1, 0.15) is 5.75 Å². The van der Waals surface area contributed by atoms with Crippen molar-refractivity contribution in [2.24, 2.45) is 5.73 Å². The van der Waals surface area contributed by atoms with E-state index in [1.165, 1.54) is 0 Å². The molecule has 1 aromatic carbocycles. The van der Waals surface area contributed by atoms with E-state index < -0.39 is 5.91 Å². The fourth-order valence-corrected chi connectivity index (χ4v) is 1.06. The van der Waals surface area contributed by atoms with Crippen LogP contribution in [0.5, 0.6) is 5.75 Å². The second-order valence-electron chi connectivity index (χ2n) is 2.75. The number of ether oxygens (including phenoxy) is 1. The second-order valence-corrected chi connectivity index (χ2v) is 3.16. The van der Waals surface area contributed by atoms with E-state index in [-0.39, 0.29) is 13.0 Å². The van der Waals surface area contributed by atoms with Crippen molar-refractivity contribution in [3.63, 3.8) is 0 Å². The molecule has 0 saturated heterocycles. The van der Waals surface area contributed by atoms with Crippen molar-refractivity contribution in [3.8, 4) is 5.75 Å². The summed E-state index contributed by atoms with van der Waals surface area (Å²) >= 11 is 5.81. The Morgan fingerprint density at radius 1 is 1.50 bits per heavy atom. The Morgan fingerprint density at radius 3 is 2.86 bits per heavy atom. The first-order valence-electron chi connectivity index (χ1n) is 4.05. The fraction of sp³-hybridized carbons (Fsp3) is 0.222. The summed E-state index contributed by atoms with van der Waals surface area (Å²) in [5, 5.41) is 0.462. The monoisotopic (exact) mass is 214 g/mol. The zero-order chi connectivity index (χ0) is 10.6. The number of amides is 1. The van der Waals surface area contributed by atoms with Crippen molar-refractivity contribution in [1.82, 2.24) is 0 Å². The third-order valence-corrected chi connectivity index (χ3v) is 1.87. The Labute approximate surface area is 86.8 Å². The number of carbonyl (C=O) groups excluding carboxylic acids is 1. The highest BCUT2D eigenvalue weighted by molar-refractivity contribution is 6.32. The molecule has 0 aliphatic heterocycles. The third kappa shape index (κ3) is 3.14. The number of nitrogen functional groups attached to an aromatic ring is 1. The molecule has 0 fully saturated rings. The van der Waals surface area contributed by atoms with Crippen LogP contribution in [-0.4, -0.2) is 12.5 Å². The first-order valence-corrected chi connectivity index (χ1v) is 4.43. The number of benzene rings is 1. The van der Waals surface area contributed by atoms with E-state index in [9.17, 15) is 4.79 Å². The van der Waals surface area contributed by atoms with Gasteiger partial charge in [-0.3, -0.25) is 4.79 Å². The largest absolute Gasteiger partial charge is 0.491 e. The lowest BCUT2D eigenvalue weighted by Crippen LogP contribution is -2.14. The number of primary amides is 1. The van der Waals surface area contributed by atoms with Gasteiger partial charge in [-0.2, -0.15) is 0 Å². The molecular weight excluding hydrogens is 204 g/mol. The molecular formula is C9H11ClN2O2. The van der Waals surface area contributed by atoms with Gasteiger partial charge in [-0.1, -0.05) is 11.6 Å². The average molecular weight is 215 g/mol. The summed E-state index contributed by atoms with van der Waals surface area (Å²) in [6.07, 6.45) is 0.158. The molecule has 4 N–H and O–H groups in total. The van der Waals surface area contributed by atoms with Gasteiger partial charge in [-0.15, -0.1) is 0 Å². The lowest BCUT2D eigenvalue weighted by atomic mass is 10.3. The summed E-state index contributed by atoms with van der Waals surface area (Å²) < 4.78 is 5.22. The third-order valence-electron chi connectivity index (χ3n) is 1.56. The summed E-state index contributed by atoms with van der Waals surface area (Å²) in [4.78, 5) is 10.4. The zero-order valence-corrected chi connectivity index (χ0v) is 8.25. The number of hydrogen-bond acceptors (Lipinski definition) is 3. The molecule has 0 radical (unpaired) electrons. The van der Waals surface area contributed by atoms with Crippen LogP contribution in [-0.2, 0) is 4.79 Å². The lowest BCUT2D eigenvalue weighted by Gasteiger charge is -2.07. The van der Waals surface area contributed by atoms with Gasteiger partial charge in [0.25, 0.3) is 0 Å². The van der Waals surface area contributed by atoms with E-state index in [2.05, 4.69) is 0 Å². The van der Waals surface area contributed by atoms with E-state index in [1.54, 1.807) is 18.2 Å². The normalized spacial score (nSPS) is 9.79. The highest BCUT2D eigenvalue weighted by atomic mass is 35.5. The van der Waals surface area contributed by atoms with E-state index in [4.69, 9.17) is 27.8 Å². The van der Waals surface area contributed by atoms with E-state index in [0.717, 1.165) is 0 Å². The SMILES string of the molecule is NC(=O)CCOc1cc(N)ccc1Cl. The van der Waals surface area contributed by atoms with E-state index in [0.29, 0.717) is 16.5 Å². The maximum absolute atomic E-state index is 10.4. The summed E-state index contributed by atoms with van der Waals surface area (Å²) in [6.45, 7) is 0.207. The number of carbonyl (C=O) groups is 1. The molecule has 0 aliphatic rings. The van der Waals surface area contributed by atoms with Crippen LogP contribution in [0.2, 0.25) is 5.02 Å². The molecule has 0 aliphatic carbocycles. The fourth-order valence-electron chi connectivity index (χ4n) is 0.892. The van der Waals surface area contributed by atoms with Crippen LogP contribution in [0.15, 0.2) is 18.2 Å². The predicted molar refractivity (Wildman–Crippen MR) is 55.2 cm³/mol. The van der Waals surface area contributed by atoms with Crippen molar-refractivity contribution >= 4 is 23.2 Å². The Morgan fingerprint density at radius 2 is 2.21 bits per heavy atom. The first-order chi connectivity index (χ1) is 6.59. The van der Waals surface area contributed by atoms with Crippen molar-refractivity contribution in [1.29, 1.82) is 0 Å². The van der Waals surface area contributed by atoms with Crippen LogP contribution in [0.25, 0.3) is 0 Å². The minimum absolute atomic E-state index is 0.158. The standard InChI is InChI=1S/C9H11ClN2O2/c10-7-2-1-6(11)5-8(7)14-4-3-9(12)13/h1-2,5H,3-4,11H2,(H2,12,13). The van der Waals surface area contributed by atoms with Gasteiger partial charge in [0.05, 0.1) is 18.1 Å². The van der Waals surface area contributed by atoms with Gasteiger partial charge in [-0.25, -0.2) is 0 Å². The topological polar surface area (TPSA) is 78.3 Å². The van der Waals surface area contributed by atoms with Gasteiger partial charge in [0.15, 0.2) is 0 Å². The second kappa shape index (κ2) is 4.72. The van der Waals surface area contributed by atoms with Gasteiger partial charge in [-0.05, 0) is 12.1 Å². The van der Waals surface area contributed by atoms with Crippen molar-refractivity contribution in [2.75, 3.05) is 12.3 Å². The van der Waals surface area contributed by atoms with E-state index >= 15 is 0 Å². The minimum Gasteiger partial charge on any atom is -0.491 e. The molecule has 5 heteroatoms. The summed E-state index contributed by atoms with van der Waals surface area (Å²) in [5.41, 5.74) is 11.0. The van der Waals surface area contributed by atoms with Gasteiger partial charge in [0, 0.05) is 11.8 Å². The molecule has 76 valence electrons. The van der Waals surface area contributed by atoms with Crippen LogP contribution in [0, 0.1) is 0 Å². The number of rotatable bonds is 4. The maximum Gasteiger partial charge on any atom is 0.220 e. The van der Waals surface area contributed by atoms with Crippen LogP contribution >= 0.6 is 11.6 Å². The smallest absolute Gasteiger partial charge is 0.220 e. The van der Waals surface area contributed by atoms with Crippen molar-refractivity contribution < 1.29 is 9.53 Å². The predicted octanol–water partition coefficient (Wildman–Crippen LogP) is 1.18. The molecule has 0 atom stereocenters. The highest BCUT2D eigenvalue weighted by Crippen LogP contribution is 2.26. The minimum atomic E-state index is -0.412. The average Bonchev–Trinajstić information content (AvgIpc) is 2.10. The Balaban J connectivity index is 2.57. The van der Waals surface area contributed by atoms with E-state index in [1.807, 2.05) is 0 Å². The van der Waals surface area contributed by atoms with Crippen LogP contribution in [0.1, 0.15) is 6.42 Å². The summed E-state index contributed by atoms with van der Waals surface area (Å²) in [7, 11) is 0. The van der Waals surface area contributed by atoms with Gasteiger partial charge < -0.3 is 16.2 Å². The molecule has 1 aromatic rings. The quantitative estimate of drug-likeness (QED) is 0.739. The molecule has 0 unspecified atom stereocenters. The highest BCUT2D eigenvalue weighted by Gasteiger charge is 2.02. The maximum atomic E-state index is 10.4. The molecule has 0 saturated carbocycles. The molecule has 1 amide bonds. The Kier molecular flexibility index (Phi) is 3.59. The number of halogens is 1. The molecule has 0 spiro atoms. The summed E-state index contributed by atoms with van der Waals surface area (Å²) in [6, 6.07) is 4.91. The van der Waals surface area contributed by atoms with Crippen molar-refractivity contribution in [2.45, 2.75) is 6.42 Å². The Hall–Kier alpha value is -1.42. The molecule has 4 nitrogen and oxygen atoms in total. The lowest BCUT2D eigenvalue weighted by molar-refractivity contribution is -0.118.